The molecule has 19 heavy (non-hydrogen) atoms. The third-order valence-corrected chi connectivity index (χ3v) is 4.95. The van der Waals surface area contributed by atoms with Gasteiger partial charge >= 0.3 is 0 Å². The molecule has 0 aromatic carbocycles. The first-order chi connectivity index (χ1) is 9.31. The first kappa shape index (κ1) is 12.8. The van der Waals surface area contributed by atoms with Crippen LogP contribution in [-0.4, -0.2) is 24.6 Å². The lowest BCUT2D eigenvalue weighted by molar-refractivity contribution is 0.226. The molecule has 1 saturated carbocycles. The van der Waals surface area contributed by atoms with Crippen molar-refractivity contribution in [3.8, 4) is 0 Å². The summed E-state index contributed by atoms with van der Waals surface area (Å²) in [6.07, 6.45) is 10.5. The summed E-state index contributed by atoms with van der Waals surface area (Å²) in [6.45, 7) is 5.48. The van der Waals surface area contributed by atoms with Crippen molar-refractivity contribution in [3.63, 3.8) is 0 Å². The van der Waals surface area contributed by atoms with E-state index in [4.69, 9.17) is 0 Å². The van der Waals surface area contributed by atoms with Crippen molar-refractivity contribution < 1.29 is 0 Å². The molecule has 3 rings (SSSR count). The van der Waals surface area contributed by atoms with Gasteiger partial charge in [-0.15, -0.1) is 0 Å². The topological polar surface area (TPSA) is 28.2 Å². The van der Waals surface area contributed by atoms with Crippen molar-refractivity contribution in [2.75, 3.05) is 29.9 Å². The van der Waals surface area contributed by atoms with E-state index in [1.807, 2.05) is 6.20 Å². The molecule has 3 heteroatoms. The molecule has 104 valence electrons. The number of anilines is 2. The minimum absolute atomic E-state index is 0.702. The number of piperidine rings is 1. The van der Waals surface area contributed by atoms with Gasteiger partial charge in [-0.1, -0.05) is 12.8 Å². The van der Waals surface area contributed by atoms with E-state index in [0.717, 1.165) is 12.4 Å². The Morgan fingerprint density at radius 1 is 1.21 bits per heavy atom. The Hall–Kier alpha value is -1.25. The number of pyridine rings is 1. The minimum Gasteiger partial charge on any atom is -0.371 e. The second-order valence-electron chi connectivity index (χ2n) is 6.12. The SMILES string of the molecule is CCNc1cc(N2CCC3(CCCC3)CC2)ccn1. The molecule has 1 aliphatic heterocycles. The van der Waals surface area contributed by atoms with Gasteiger partial charge in [0.2, 0.25) is 0 Å². The van der Waals surface area contributed by atoms with E-state index >= 15 is 0 Å². The summed E-state index contributed by atoms with van der Waals surface area (Å²) in [4.78, 5) is 6.89. The van der Waals surface area contributed by atoms with Crippen LogP contribution >= 0.6 is 0 Å². The average molecular weight is 259 g/mol. The molecule has 0 bridgehead atoms. The normalized spacial score (nSPS) is 21.8. The van der Waals surface area contributed by atoms with E-state index in [1.165, 1.54) is 57.3 Å². The fraction of sp³-hybridized carbons (Fsp3) is 0.688. The van der Waals surface area contributed by atoms with Crippen molar-refractivity contribution >= 4 is 11.5 Å². The number of rotatable bonds is 3. The quantitative estimate of drug-likeness (QED) is 0.897. The molecule has 1 N–H and O–H groups in total. The van der Waals surface area contributed by atoms with Crippen LogP contribution in [0.4, 0.5) is 11.5 Å². The summed E-state index contributed by atoms with van der Waals surface area (Å²) >= 11 is 0. The first-order valence-corrected chi connectivity index (χ1v) is 7.76. The highest BCUT2D eigenvalue weighted by atomic mass is 15.1. The standard InChI is InChI=1S/C16H25N3/c1-2-17-15-13-14(5-10-18-15)19-11-8-16(9-12-19)6-3-4-7-16/h5,10,13H,2-4,6-9,11-12H2,1H3,(H,17,18). The maximum Gasteiger partial charge on any atom is 0.127 e. The molecule has 1 aliphatic carbocycles. The third kappa shape index (κ3) is 2.70. The minimum atomic E-state index is 0.702. The van der Waals surface area contributed by atoms with Crippen LogP contribution < -0.4 is 10.2 Å². The molecule has 2 heterocycles. The zero-order valence-corrected chi connectivity index (χ0v) is 12.0. The first-order valence-electron chi connectivity index (χ1n) is 7.76. The summed E-state index contributed by atoms with van der Waals surface area (Å²) in [6, 6.07) is 4.34. The van der Waals surface area contributed by atoms with Gasteiger partial charge in [0.05, 0.1) is 0 Å². The lowest BCUT2D eigenvalue weighted by Gasteiger charge is -2.40. The molecule has 3 nitrogen and oxygen atoms in total. The second kappa shape index (κ2) is 5.40. The fourth-order valence-electron chi connectivity index (χ4n) is 3.76. The number of hydrogen-bond acceptors (Lipinski definition) is 3. The molecule has 0 amide bonds. The highest BCUT2D eigenvalue weighted by Gasteiger charge is 2.36. The molecule has 1 aromatic rings. The number of nitrogens with zero attached hydrogens (tertiary/aromatic N) is 2. The van der Waals surface area contributed by atoms with Gasteiger partial charge in [-0.25, -0.2) is 4.98 Å². The Bertz CT molecular complexity index is 414. The van der Waals surface area contributed by atoms with Crippen LogP contribution in [0.1, 0.15) is 45.4 Å². The van der Waals surface area contributed by atoms with Gasteiger partial charge in [0.25, 0.3) is 0 Å². The number of hydrogen-bond donors (Lipinski definition) is 1. The Kier molecular flexibility index (Phi) is 3.63. The largest absolute Gasteiger partial charge is 0.371 e. The van der Waals surface area contributed by atoms with Crippen LogP contribution in [0.3, 0.4) is 0 Å². The molecule has 1 saturated heterocycles. The summed E-state index contributed by atoms with van der Waals surface area (Å²) in [5.41, 5.74) is 2.03. The van der Waals surface area contributed by atoms with Gasteiger partial charge in [0.1, 0.15) is 5.82 Å². The van der Waals surface area contributed by atoms with E-state index in [9.17, 15) is 0 Å². The molecule has 0 radical (unpaired) electrons. The van der Waals surface area contributed by atoms with Gasteiger partial charge < -0.3 is 10.2 Å². The van der Waals surface area contributed by atoms with E-state index in [1.54, 1.807) is 0 Å². The Morgan fingerprint density at radius 3 is 2.63 bits per heavy atom. The maximum absolute atomic E-state index is 4.36. The molecular weight excluding hydrogens is 234 g/mol. The van der Waals surface area contributed by atoms with Crippen LogP contribution in [0.5, 0.6) is 0 Å². The molecule has 0 unspecified atom stereocenters. The van der Waals surface area contributed by atoms with Crippen LogP contribution in [0.25, 0.3) is 0 Å². The van der Waals surface area contributed by atoms with Crippen molar-refractivity contribution in [1.82, 2.24) is 4.98 Å². The van der Waals surface area contributed by atoms with Gasteiger partial charge in [0, 0.05) is 37.6 Å². The highest BCUT2D eigenvalue weighted by molar-refractivity contribution is 5.54. The summed E-state index contributed by atoms with van der Waals surface area (Å²) < 4.78 is 0. The summed E-state index contributed by atoms with van der Waals surface area (Å²) in [5, 5.41) is 3.30. The van der Waals surface area contributed by atoms with Crippen LogP contribution in [0.15, 0.2) is 18.3 Å². The summed E-state index contributed by atoms with van der Waals surface area (Å²) in [7, 11) is 0. The second-order valence-corrected chi connectivity index (χ2v) is 6.12. The Balaban J connectivity index is 1.66. The third-order valence-electron chi connectivity index (χ3n) is 4.95. The maximum atomic E-state index is 4.36. The van der Waals surface area contributed by atoms with Crippen molar-refractivity contribution in [2.24, 2.45) is 5.41 Å². The Labute approximate surface area is 116 Å². The predicted octanol–water partition coefficient (Wildman–Crippen LogP) is 3.67. The monoisotopic (exact) mass is 259 g/mol. The zero-order chi connectivity index (χ0) is 13.1. The van der Waals surface area contributed by atoms with E-state index < -0.39 is 0 Å². The van der Waals surface area contributed by atoms with Crippen molar-refractivity contribution in [3.05, 3.63) is 18.3 Å². The predicted molar refractivity (Wildman–Crippen MR) is 80.7 cm³/mol. The van der Waals surface area contributed by atoms with Gasteiger partial charge in [-0.3, -0.25) is 0 Å². The van der Waals surface area contributed by atoms with Gasteiger partial charge in [-0.05, 0) is 44.1 Å². The lowest BCUT2D eigenvalue weighted by Crippen LogP contribution is -2.38. The molecule has 0 atom stereocenters. The van der Waals surface area contributed by atoms with Gasteiger partial charge in [-0.2, -0.15) is 0 Å². The van der Waals surface area contributed by atoms with Crippen LogP contribution in [0.2, 0.25) is 0 Å². The van der Waals surface area contributed by atoms with E-state index in [2.05, 4.69) is 34.3 Å². The lowest BCUT2D eigenvalue weighted by atomic mass is 9.77. The van der Waals surface area contributed by atoms with E-state index in [-0.39, 0.29) is 0 Å². The van der Waals surface area contributed by atoms with E-state index in [0.29, 0.717) is 5.41 Å². The number of nitrogens with one attached hydrogen (secondary N) is 1. The smallest absolute Gasteiger partial charge is 0.127 e. The Morgan fingerprint density at radius 2 is 1.95 bits per heavy atom. The molecule has 2 fully saturated rings. The fourth-order valence-corrected chi connectivity index (χ4v) is 3.76. The van der Waals surface area contributed by atoms with Crippen molar-refractivity contribution in [1.29, 1.82) is 0 Å². The summed E-state index contributed by atoms with van der Waals surface area (Å²) in [5.74, 6) is 1.00. The number of aromatic nitrogens is 1. The van der Waals surface area contributed by atoms with Crippen molar-refractivity contribution in [2.45, 2.75) is 45.4 Å². The molecular formula is C16H25N3. The van der Waals surface area contributed by atoms with Gasteiger partial charge in [0.15, 0.2) is 0 Å². The molecule has 1 aromatic heterocycles. The highest BCUT2D eigenvalue weighted by Crippen LogP contribution is 2.46. The molecule has 2 aliphatic rings. The average Bonchev–Trinajstić information content (AvgIpc) is 2.89. The zero-order valence-electron chi connectivity index (χ0n) is 12.0. The molecule has 1 spiro atoms. The van der Waals surface area contributed by atoms with Crippen LogP contribution in [0, 0.1) is 5.41 Å². The van der Waals surface area contributed by atoms with Crippen LogP contribution in [-0.2, 0) is 0 Å².